The number of hydrogen-bond acceptors (Lipinski definition) is 2. The molecule has 1 heterocycles. The fraction of sp³-hybridized carbons (Fsp3) is 0.368. The van der Waals surface area contributed by atoms with E-state index in [4.69, 9.17) is 4.42 Å². The molecule has 0 spiro atoms. The lowest BCUT2D eigenvalue weighted by molar-refractivity contribution is 0.410. The Balaban J connectivity index is 2.25. The molecule has 0 saturated carbocycles. The molecule has 0 radical (unpaired) electrons. The summed E-state index contributed by atoms with van der Waals surface area (Å²) in [6.45, 7) is 7.62. The Bertz CT molecular complexity index is 777. The van der Waals surface area contributed by atoms with Gasteiger partial charge < -0.3 is 9.73 Å². The van der Waals surface area contributed by atoms with Crippen LogP contribution in [-0.4, -0.2) is 7.05 Å². The fourth-order valence-electron chi connectivity index (χ4n) is 2.98. The van der Waals surface area contributed by atoms with E-state index < -0.39 is 0 Å². The van der Waals surface area contributed by atoms with E-state index in [1.54, 1.807) is 0 Å². The van der Waals surface area contributed by atoms with Gasteiger partial charge in [0.05, 0.1) is 0 Å². The van der Waals surface area contributed by atoms with Gasteiger partial charge in [-0.05, 0) is 24.4 Å². The van der Waals surface area contributed by atoms with Gasteiger partial charge in [0.15, 0.2) is 0 Å². The predicted octanol–water partition coefficient (Wildman–Crippen LogP) is 4.89. The van der Waals surface area contributed by atoms with Crippen LogP contribution in [0.5, 0.6) is 0 Å². The third kappa shape index (κ3) is 2.68. The van der Waals surface area contributed by atoms with Crippen LogP contribution in [0.4, 0.5) is 0 Å². The van der Waals surface area contributed by atoms with Crippen molar-refractivity contribution in [1.82, 2.24) is 5.32 Å². The minimum absolute atomic E-state index is 0.251. The van der Waals surface area contributed by atoms with Crippen LogP contribution >= 0.6 is 0 Å². The lowest BCUT2D eigenvalue weighted by atomic mass is 9.87. The SMILES string of the molecule is CNCc1cccc2c1oc1c(CC(C)(C)C)cccc12. The Morgan fingerprint density at radius 2 is 1.48 bits per heavy atom. The van der Waals surface area contributed by atoms with Gasteiger partial charge in [-0.1, -0.05) is 57.2 Å². The summed E-state index contributed by atoms with van der Waals surface area (Å²) in [6, 6.07) is 12.9. The van der Waals surface area contributed by atoms with Crippen molar-refractivity contribution in [3.8, 4) is 0 Å². The first kappa shape index (κ1) is 14.2. The van der Waals surface area contributed by atoms with E-state index in [9.17, 15) is 0 Å². The summed E-state index contributed by atoms with van der Waals surface area (Å²) in [4.78, 5) is 0. The Kier molecular flexibility index (Phi) is 3.50. The summed E-state index contributed by atoms with van der Waals surface area (Å²) in [6.07, 6.45) is 1.02. The molecule has 3 rings (SSSR count). The number of furan rings is 1. The molecule has 0 aliphatic carbocycles. The van der Waals surface area contributed by atoms with Crippen LogP contribution in [0.2, 0.25) is 0 Å². The summed E-state index contributed by atoms with van der Waals surface area (Å²) in [5, 5.41) is 5.66. The van der Waals surface area contributed by atoms with E-state index in [0.717, 1.165) is 24.1 Å². The predicted molar refractivity (Wildman–Crippen MR) is 89.6 cm³/mol. The zero-order valence-corrected chi connectivity index (χ0v) is 13.3. The van der Waals surface area contributed by atoms with Crippen molar-refractivity contribution in [1.29, 1.82) is 0 Å². The topological polar surface area (TPSA) is 25.2 Å². The van der Waals surface area contributed by atoms with E-state index in [-0.39, 0.29) is 5.41 Å². The lowest BCUT2D eigenvalue weighted by Crippen LogP contribution is -2.09. The van der Waals surface area contributed by atoms with Crippen LogP contribution in [0, 0.1) is 5.41 Å². The highest BCUT2D eigenvalue weighted by Crippen LogP contribution is 2.35. The first-order chi connectivity index (χ1) is 9.99. The van der Waals surface area contributed by atoms with E-state index in [1.807, 2.05) is 7.05 Å². The molecule has 2 nitrogen and oxygen atoms in total. The molecule has 110 valence electrons. The van der Waals surface area contributed by atoms with Crippen molar-refractivity contribution in [3.05, 3.63) is 47.5 Å². The number of fused-ring (bicyclic) bond motifs is 3. The first-order valence-electron chi connectivity index (χ1n) is 7.56. The molecule has 0 fully saturated rings. The van der Waals surface area contributed by atoms with Gasteiger partial charge in [-0.2, -0.15) is 0 Å². The van der Waals surface area contributed by atoms with Crippen molar-refractivity contribution < 1.29 is 4.42 Å². The summed E-state index contributed by atoms with van der Waals surface area (Å²) < 4.78 is 6.27. The molecular weight excluding hydrogens is 258 g/mol. The Hall–Kier alpha value is -1.80. The average Bonchev–Trinajstić information content (AvgIpc) is 2.79. The number of benzene rings is 2. The summed E-state index contributed by atoms with van der Waals surface area (Å²) in [5.41, 5.74) is 4.83. The molecule has 0 amide bonds. The monoisotopic (exact) mass is 281 g/mol. The largest absolute Gasteiger partial charge is 0.455 e. The molecule has 21 heavy (non-hydrogen) atoms. The maximum absolute atomic E-state index is 6.27. The van der Waals surface area contributed by atoms with E-state index in [2.05, 4.69) is 62.5 Å². The van der Waals surface area contributed by atoms with Crippen molar-refractivity contribution in [2.45, 2.75) is 33.7 Å². The van der Waals surface area contributed by atoms with Crippen LogP contribution < -0.4 is 5.32 Å². The fourth-order valence-corrected chi connectivity index (χ4v) is 2.98. The molecule has 0 saturated heterocycles. The second kappa shape index (κ2) is 5.19. The van der Waals surface area contributed by atoms with Crippen LogP contribution in [0.15, 0.2) is 40.8 Å². The molecule has 0 atom stereocenters. The normalized spacial score (nSPS) is 12.4. The molecule has 0 bridgehead atoms. The molecule has 0 unspecified atom stereocenters. The van der Waals surface area contributed by atoms with Crippen molar-refractivity contribution in [3.63, 3.8) is 0 Å². The summed E-state index contributed by atoms with van der Waals surface area (Å²) in [7, 11) is 1.96. The number of hydrogen-bond donors (Lipinski definition) is 1. The first-order valence-corrected chi connectivity index (χ1v) is 7.56. The molecule has 3 aromatic rings. The zero-order chi connectivity index (χ0) is 15.0. The molecule has 2 heteroatoms. The quantitative estimate of drug-likeness (QED) is 0.739. The smallest absolute Gasteiger partial charge is 0.139 e. The van der Waals surface area contributed by atoms with Crippen LogP contribution in [0.1, 0.15) is 31.9 Å². The Labute approximate surface area is 126 Å². The van der Waals surface area contributed by atoms with E-state index in [1.165, 1.54) is 21.9 Å². The second-order valence-electron chi connectivity index (χ2n) is 6.96. The van der Waals surface area contributed by atoms with Crippen molar-refractivity contribution in [2.24, 2.45) is 5.41 Å². The molecule has 1 aromatic heterocycles. The van der Waals surface area contributed by atoms with Gasteiger partial charge in [-0.3, -0.25) is 0 Å². The van der Waals surface area contributed by atoms with Gasteiger partial charge in [0.25, 0.3) is 0 Å². The maximum Gasteiger partial charge on any atom is 0.139 e. The van der Waals surface area contributed by atoms with Crippen LogP contribution in [0.25, 0.3) is 21.9 Å². The highest BCUT2D eigenvalue weighted by atomic mass is 16.3. The summed E-state index contributed by atoms with van der Waals surface area (Å²) in [5.74, 6) is 0. The molecule has 0 aliphatic rings. The van der Waals surface area contributed by atoms with Crippen molar-refractivity contribution >= 4 is 21.9 Å². The van der Waals surface area contributed by atoms with E-state index in [0.29, 0.717) is 0 Å². The van der Waals surface area contributed by atoms with Gasteiger partial charge in [0.1, 0.15) is 11.2 Å². The van der Waals surface area contributed by atoms with Gasteiger partial charge in [-0.15, -0.1) is 0 Å². The third-order valence-electron chi connectivity index (χ3n) is 3.78. The zero-order valence-electron chi connectivity index (χ0n) is 13.3. The lowest BCUT2D eigenvalue weighted by Gasteiger charge is -2.18. The number of para-hydroxylation sites is 2. The molecule has 2 aromatic carbocycles. The van der Waals surface area contributed by atoms with Crippen LogP contribution in [0.3, 0.4) is 0 Å². The van der Waals surface area contributed by atoms with Gasteiger partial charge in [0, 0.05) is 22.9 Å². The Morgan fingerprint density at radius 3 is 2.05 bits per heavy atom. The average molecular weight is 281 g/mol. The van der Waals surface area contributed by atoms with Gasteiger partial charge >= 0.3 is 0 Å². The molecule has 1 N–H and O–H groups in total. The minimum atomic E-state index is 0.251. The highest BCUT2D eigenvalue weighted by molar-refractivity contribution is 6.06. The highest BCUT2D eigenvalue weighted by Gasteiger charge is 2.17. The molecule has 0 aliphatic heterocycles. The van der Waals surface area contributed by atoms with Gasteiger partial charge in [-0.25, -0.2) is 0 Å². The minimum Gasteiger partial charge on any atom is -0.455 e. The summed E-state index contributed by atoms with van der Waals surface area (Å²) >= 11 is 0. The maximum atomic E-state index is 6.27. The third-order valence-corrected chi connectivity index (χ3v) is 3.78. The number of nitrogens with one attached hydrogen (secondary N) is 1. The number of rotatable bonds is 3. The molecular formula is C19H23NO. The van der Waals surface area contributed by atoms with Gasteiger partial charge in [0.2, 0.25) is 0 Å². The van der Waals surface area contributed by atoms with Crippen LogP contribution in [-0.2, 0) is 13.0 Å². The Morgan fingerprint density at radius 1 is 0.905 bits per heavy atom. The second-order valence-corrected chi connectivity index (χ2v) is 6.96. The standard InChI is InChI=1S/C19H23NO/c1-19(2,3)11-13-7-5-9-15-16-10-6-8-14(12-20-4)18(16)21-17(13)15/h5-10,20H,11-12H2,1-4H3. The van der Waals surface area contributed by atoms with E-state index >= 15 is 0 Å². The van der Waals surface area contributed by atoms with Crippen molar-refractivity contribution in [2.75, 3.05) is 7.05 Å².